The fourth-order valence-corrected chi connectivity index (χ4v) is 4.15. The molecule has 8 heteroatoms. The van der Waals surface area contributed by atoms with Crippen molar-refractivity contribution in [2.45, 2.75) is 0 Å². The summed E-state index contributed by atoms with van der Waals surface area (Å²) in [5, 5.41) is 2.77. The number of benzene rings is 2. The molecule has 0 bridgehead atoms. The summed E-state index contributed by atoms with van der Waals surface area (Å²) in [5.74, 6) is 1.02. The van der Waals surface area contributed by atoms with Crippen molar-refractivity contribution in [2.24, 2.45) is 0 Å². The highest BCUT2D eigenvalue weighted by Crippen LogP contribution is 2.32. The van der Waals surface area contributed by atoms with Gasteiger partial charge in [-0.3, -0.25) is 14.5 Å². The van der Waals surface area contributed by atoms with E-state index < -0.39 is 0 Å². The van der Waals surface area contributed by atoms with Gasteiger partial charge in [-0.25, -0.2) is 0 Å². The van der Waals surface area contributed by atoms with Crippen molar-refractivity contribution in [1.29, 1.82) is 0 Å². The lowest BCUT2D eigenvalue weighted by atomic mass is 10.2. The van der Waals surface area contributed by atoms with Gasteiger partial charge in [0.2, 0.25) is 5.91 Å². The van der Waals surface area contributed by atoms with Crippen LogP contribution in [-0.2, 0) is 9.59 Å². The third kappa shape index (κ3) is 6.19. The minimum absolute atomic E-state index is 0.168. The maximum atomic E-state index is 12.7. The molecule has 1 aliphatic rings. The monoisotopic (exact) mass is 454 g/mol. The molecule has 0 saturated carbocycles. The van der Waals surface area contributed by atoms with Crippen LogP contribution in [-0.4, -0.2) is 48.3 Å². The number of nitrogens with one attached hydrogen (secondary N) is 1. The van der Waals surface area contributed by atoms with E-state index in [1.807, 2.05) is 48.5 Å². The standard InChI is InChI=1S/C23H22N2O4S2/c1-28-18-7-3-5-16(13-18)9-10-21(26)24-11-12-25-22(27)20(31-23(25)30)15-17-6-4-8-19(14-17)29-2/h3-10,13-15H,11-12H2,1-2H3,(H,24,26)/b10-9+,20-15+. The van der Waals surface area contributed by atoms with E-state index >= 15 is 0 Å². The van der Waals surface area contributed by atoms with Gasteiger partial charge >= 0.3 is 0 Å². The molecule has 0 spiro atoms. The van der Waals surface area contributed by atoms with Crippen LogP contribution < -0.4 is 14.8 Å². The first-order chi connectivity index (χ1) is 15.0. The van der Waals surface area contributed by atoms with Crippen LogP contribution >= 0.6 is 24.0 Å². The summed E-state index contributed by atoms with van der Waals surface area (Å²) < 4.78 is 10.9. The van der Waals surface area contributed by atoms with Gasteiger partial charge in [-0.1, -0.05) is 48.2 Å². The van der Waals surface area contributed by atoms with Gasteiger partial charge in [0, 0.05) is 19.2 Å². The zero-order valence-corrected chi connectivity index (χ0v) is 18.8. The number of carbonyl (C=O) groups is 2. The van der Waals surface area contributed by atoms with E-state index in [-0.39, 0.29) is 11.8 Å². The number of hydrogen-bond donors (Lipinski definition) is 1. The number of rotatable bonds is 8. The number of methoxy groups -OCH3 is 2. The zero-order chi connectivity index (χ0) is 22.2. The SMILES string of the molecule is COc1cccc(/C=C/C(=O)NCCN2C(=O)/C(=C\c3cccc(OC)c3)SC2=S)c1. The van der Waals surface area contributed by atoms with Crippen molar-refractivity contribution < 1.29 is 19.1 Å². The first kappa shape index (κ1) is 22.6. The Hall–Kier alpha value is -3.10. The van der Waals surface area contributed by atoms with Gasteiger partial charge < -0.3 is 14.8 Å². The normalized spacial score (nSPS) is 15.0. The zero-order valence-electron chi connectivity index (χ0n) is 17.2. The van der Waals surface area contributed by atoms with E-state index in [1.165, 1.54) is 22.7 Å². The number of carbonyl (C=O) groups excluding carboxylic acids is 2. The molecule has 2 amide bonds. The average Bonchev–Trinajstić information content (AvgIpc) is 3.05. The number of nitrogens with zero attached hydrogens (tertiary/aromatic N) is 1. The van der Waals surface area contributed by atoms with Crippen molar-refractivity contribution in [1.82, 2.24) is 10.2 Å². The Bertz CT molecular complexity index is 1050. The largest absolute Gasteiger partial charge is 0.497 e. The molecule has 2 aromatic carbocycles. The second kappa shape index (κ2) is 10.8. The first-order valence-corrected chi connectivity index (χ1v) is 10.7. The highest BCUT2D eigenvalue weighted by atomic mass is 32.2. The van der Waals surface area contributed by atoms with Crippen LogP contribution in [0, 0.1) is 0 Å². The van der Waals surface area contributed by atoms with Gasteiger partial charge in [0.1, 0.15) is 15.8 Å². The molecule has 31 heavy (non-hydrogen) atoms. The third-order valence-corrected chi connectivity index (χ3v) is 5.80. The Labute approximate surface area is 190 Å². The number of ether oxygens (including phenoxy) is 2. The van der Waals surface area contributed by atoms with Crippen molar-refractivity contribution in [3.63, 3.8) is 0 Å². The molecule has 2 aromatic rings. The maximum Gasteiger partial charge on any atom is 0.266 e. The van der Waals surface area contributed by atoms with Crippen LogP contribution in [0.2, 0.25) is 0 Å². The van der Waals surface area contributed by atoms with E-state index in [9.17, 15) is 9.59 Å². The second-order valence-corrected chi connectivity index (χ2v) is 8.19. The molecule has 160 valence electrons. The predicted molar refractivity (Wildman–Crippen MR) is 128 cm³/mol. The highest BCUT2D eigenvalue weighted by molar-refractivity contribution is 8.26. The smallest absolute Gasteiger partial charge is 0.266 e. The fraction of sp³-hybridized carbons (Fsp3) is 0.174. The van der Waals surface area contributed by atoms with Gasteiger partial charge in [0.05, 0.1) is 19.1 Å². The van der Waals surface area contributed by atoms with Crippen molar-refractivity contribution in [2.75, 3.05) is 27.3 Å². The van der Waals surface area contributed by atoms with Gasteiger partial charge in [-0.2, -0.15) is 0 Å². The molecule has 0 unspecified atom stereocenters. The van der Waals surface area contributed by atoms with Crippen molar-refractivity contribution in [3.8, 4) is 11.5 Å². The topological polar surface area (TPSA) is 67.9 Å². The minimum atomic E-state index is -0.250. The van der Waals surface area contributed by atoms with E-state index in [1.54, 1.807) is 26.4 Å². The predicted octanol–water partition coefficient (Wildman–Crippen LogP) is 3.73. The molecule has 0 radical (unpaired) electrons. The summed E-state index contributed by atoms with van der Waals surface area (Å²) in [6, 6.07) is 14.8. The lowest BCUT2D eigenvalue weighted by Crippen LogP contribution is -2.36. The number of thioether (sulfide) groups is 1. The first-order valence-electron chi connectivity index (χ1n) is 9.49. The lowest BCUT2D eigenvalue weighted by molar-refractivity contribution is -0.122. The molecule has 0 atom stereocenters. The number of amides is 2. The van der Waals surface area contributed by atoms with Crippen LogP contribution in [0.15, 0.2) is 59.5 Å². The molecular weight excluding hydrogens is 432 g/mol. The van der Waals surface area contributed by atoms with E-state index in [4.69, 9.17) is 21.7 Å². The molecule has 1 aliphatic heterocycles. The molecule has 0 aliphatic carbocycles. The summed E-state index contributed by atoms with van der Waals surface area (Å²) in [4.78, 5) is 26.8. The Morgan fingerprint density at radius 3 is 2.42 bits per heavy atom. The van der Waals surface area contributed by atoms with Crippen LogP contribution in [0.1, 0.15) is 11.1 Å². The Kier molecular flexibility index (Phi) is 7.86. The Morgan fingerprint density at radius 2 is 1.74 bits per heavy atom. The lowest BCUT2D eigenvalue weighted by Gasteiger charge is -2.14. The van der Waals surface area contributed by atoms with Gasteiger partial charge in [-0.15, -0.1) is 0 Å². The third-order valence-electron chi connectivity index (χ3n) is 4.42. The molecular formula is C23H22N2O4S2. The number of hydrogen-bond acceptors (Lipinski definition) is 6. The highest BCUT2D eigenvalue weighted by Gasteiger charge is 2.31. The van der Waals surface area contributed by atoms with Crippen LogP contribution in [0.5, 0.6) is 11.5 Å². The maximum absolute atomic E-state index is 12.7. The summed E-state index contributed by atoms with van der Waals surface area (Å²) in [6.45, 7) is 0.596. The Balaban J connectivity index is 1.53. The number of thiocarbonyl (C=S) groups is 1. The van der Waals surface area contributed by atoms with E-state index in [0.29, 0.717) is 28.1 Å². The molecule has 3 rings (SSSR count). The summed E-state index contributed by atoms with van der Waals surface area (Å²) >= 11 is 6.59. The fourth-order valence-electron chi connectivity index (χ4n) is 2.84. The molecule has 1 heterocycles. The van der Waals surface area contributed by atoms with Gasteiger partial charge in [0.25, 0.3) is 5.91 Å². The summed E-state index contributed by atoms with van der Waals surface area (Å²) in [7, 11) is 3.19. The molecule has 1 fully saturated rings. The van der Waals surface area contributed by atoms with Crippen molar-refractivity contribution in [3.05, 3.63) is 70.6 Å². The second-order valence-electron chi connectivity index (χ2n) is 6.51. The molecule has 6 nitrogen and oxygen atoms in total. The van der Waals surface area contributed by atoms with E-state index in [2.05, 4.69) is 5.32 Å². The molecule has 0 aromatic heterocycles. The van der Waals surface area contributed by atoms with Crippen LogP contribution in [0.4, 0.5) is 0 Å². The molecule has 1 N–H and O–H groups in total. The minimum Gasteiger partial charge on any atom is -0.497 e. The summed E-state index contributed by atoms with van der Waals surface area (Å²) in [5.41, 5.74) is 1.71. The van der Waals surface area contributed by atoms with Gasteiger partial charge in [-0.05, 0) is 47.5 Å². The quantitative estimate of drug-likeness (QED) is 0.484. The van der Waals surface area contributed by atoms with Crippen LogP contribution in [0.3, 0.4) is 0 Å². The van der Waals surface area contributed by atoms with Gasteiger partial charge in [0.15, 0.2) is 0 Å². The Morgan fingerprint density at radius 1 is 1.10 bits per heavy atom. The average molecular weight is 455 g/mol. The van der Waals surface area contributed by atoms with Crippen molar-refractivity contribution >= 4 is 52.3 Å². The van der Waals surface area contributed by atoms with E-state index in [0.717, 1.165) is 16.9 Å². The summed E-state index contributed by atoms with van der Waals surface area (Å²) in [6.07, 6.45) is 4.94. The molecule has 1 saturated heterocycles. The van der Waals surface area contributed by atoms with Crippen LogP contribution in [0.25, 0.3) is 12.2 Å².